The molecule has 5 amide bonds. The minimum atomic E-state index is -0.427. The first-order valence-electron chi connectivity index (χ1n) is 36.9. The van der Waals surface area contributed by atoms with E-state index in [9.17, 15) is 27.6 Å². The van der Waals surface area contributed by atoms with Crippen molar-refractivity contribution in [3.8, 4) is 17.2 Å². The highest BCUT2D eigenvalue weighted by atomic mass is 79.9. The molecule has 18 rings (SSSR count). The number of hydrogen-bond acceptors (Lipinski definition) is 8. The van der Waals surface area contributed by atoms with Crippen molar-refractivity contribution in [1.29, 1.82) is 0 Å². The third-order valence-corrected chi connectivity index (χ3v) is 22.1. The third-order valence-electron chi connectivity index (χ3n) is 20.9. The Kier molecular flexibility index (Phi) is 22.5. The number of anilines is 1. The SMILES string of the molecule is CCOC(=O)N1CCc2c([nH]c3ccc(Cl)cc23)C1c1ccc(-n2ccnc2)cc1.COc1ccc(C2c3[nH]c4ccc(Cl)cc4c3CCN2C(=O)NC(C)C)cc1.COc1ccc(C2c3[nH]c4ccc(Cl)cc4c3CCN2C(=O)Nc2ccc(F)cc2)cc1.Fc1ccc(F)c(C2NCCc3c2[nH]c2ccc(Br)cc32)c1. The van der Waals surface area contributed by atoms with E-state index in [-0.39, 0.29) is 54.2 Å². The molecule has 4 aliphatic rings. The Morgan fingerprint density at radius 2 is 0.991 bits per heavy atom. The number of fused-ring (bicyclic) bond motifs is 12. The first-order chi connectivity index (χ1) is 54.3. The van der Waals surface area contributed by atoms with Crippen molar-refractivity contribution in [3.63, 3.8) is 0 Å². The first-order valence-corrected chi connectivity index (χ1v) is 38.8. The summed E-state index contributed by atoms with van der Waals surface area (Å²) in [6.07, 6.45) is 8.20. The number of imidazole rings is 1. The van der Waals surface area contributed by atoms with E-state index in [4.69, 9.17) is 49.0 Å². The van der Waals surface area contributed by atoms with Crippen LogP contribution in [0.5, 0.6) is 11.5 Å². The summed E-state index contributed by atoms with van der Waals surface area (Å²) in [6, 6.07) is 55.3. The first kappa shape index (κ1) is 76.2. The lowest BCUT2D eigenvalue weighted by Gasteiger charge is -2.36. The molecule has 0 aliphatic carbocycles. The van der Waals surface area contributed by atoms with Crippen molar-refractivity contribution in [2.45, 2.75) is 76.7 Å². The Bertz CT molecular complexity index is 5780. The molecule has 0 saturated carbocycles. The smallest absolute Gasteiger partial charge is 0.410 e. The lowest BCUT2D eigenvalue weighted by atomic mass is 9.92. The predicted octanol–water partition coefficient (Wildman–Crippen LogP) is 20.6. The molecule has 0 spiro atoms. The van der Waals surface area contributed by atoms with Crippen LogP contribution in [-0.4, -0.2) is 115 Å². The number of H-pyrrole nitrogens is 4. The molecule has 14 aromatic rings. The number of ether oxygens (including phenoxy) is 3. The molecule has 7 N–H and O–H groups in total. The van der Waals surface area contributed by atoms with Crippen molar-refractivity contribution in [1.82, 2.24) is 54.8 Å². The number of nitrogens with one attached hydrogen (secondary N) is 7. The van der Waals surface area contributed by atoms with Gasteiger partial charge in [0.15, 0.2) is 0 Å². The summed E-state index contributed by atoms with van der Waals surface area (Å²) in [5, 5.41) is 15.8. The van der Waals surface area contributed by atoms with Crippen molar-refractivity contribution in [2.24, 2.45) is 0 Å². The monoisotopic (exact) mass is 1630 g/mol. The number of urea groups is 2. The van der Waals surface area contributed by atoms with Gasteiger partial charge in [0.2, 0.25) is 0 Å². The number of hydrogen-bond donors (Lipinski definition) is 7. The molecule has 4 atom stereocenters. The van der Waals surface area contributed by atoms with Crippen molar-refractivity contribution in [2.75, 3.05) is 52.3 Å². The molecular formula is C87H79BrCl3F3N12O6. The number of benzene rings is 9. The average molecular weight is 1630 g/mol. The predicted molar refractivity (Wildman–Crippen MR) is 438 cm³/mol. The van der Waals surface area contributed by atoms with Gasteiger partial charge in [0, 0.05) is 147 Å². The Morgan fingerprint density at radius 3 is 1.48 bits per heavy atom. The molecule has 0 bridgehead atoms. The van der Waals surface area contributed by atoms with Gasteiger partial charge in [-0.3, -0.25) is 4.90 Å². The number of amides is 5. The van der Waals surface area contributed by atoms with Gasteiger partial charge in [-0.15, -0.1) is 0 Å². The molecule has 112 heavy (non-hydrogen) atoms. The molecule has 0 saturated heterocycles. The fourth-order valence-corrected chi connectivity index (χ4v) is 16.6. The van der Waals surface area contributed by atoms with Crippen molar-refractivity contribution in [3.05, 3.63) is 311 Å². The minimum Gasteiger partial charge on any atom is -0.497 e. The Balaban J connectivity index is 0.000000119. The lowest BCUT2D eigenvalue weighted by Crippen LogP contribution is -2.47. The maximum Gasteiger partial charge on any atom is 0.410 e. The van der Waals surface area contributed by atoms with Crippen LogP contribution >= 0.6 is 50.7 Å². The standard InChI is InChI=1S/C25H21ClFN3O2.C23H21ClN4O2.C22H24ClN3O2.C17H13BrF2N2/c1-32-19-9-2-15(3-10-19)24-23-20(21-14-16(26)4-11-22(21)29-23)12-13-30(24)25(31)28-18-7-5-17(27)6-8-18;1-2-30-23(29)28-11-9-18-19-13-16(24)5-8-20(19)26-21(18)22(28)15-3-6-17(7-4-15)27-12-10-25-14-27;1-13(2)24-22(27)26-11-10-17-18-12-15(23)6-9-19(18)25-20(17)21(26)14-4-7-16(28-3)8-5-14;18-9-1-4-15-12(7-9)11-5-6-21-16(17(11)22-15)13-8-10(19)2-3-14(13)20/h2-11,14,24,29H,12-13H2,1H3,(H,28,31);3-8,10,12-14,22,26H,2,9,11H2,1H3;4-9,12-13,21,25H,10-11H2,1-3H3,(H,24,27);1-4,7-8,16,21-22H,5-6H2. The molecule has 4 aliphatic heterocycles. The minimum absolute atomic E-state index is 0.0573. The summed E-state index contributed by atoms with van der Waals surface area (Å²) in [7, 11) is 3.27. The van der Waals surface area contributed by atoms with E-state index < -0.39 is 11.6 Å². The van der Waals surface area contributed by atoms with Crippen LogP contribution < -0.4 is 25.4 Å². The summed E-state index contributed by atoms with van der Waals surface area (Å²) in [4.78, 5) is 62.6. The number of aromatic amines is 4. The molecule has 572 valence electrons. The van der Waals surface area contributed by atoms with Gasteiger partial charge in [-0.2, -0.15) is 0 Å². The van der Waals surface area contributed by atoms with Gasteiger partial charge >= 0.3 is 18.2 Å². The van der Waals surface area contributed by atoms with Crippen LogP contribution in [0.25, 0.3) is 49.3 Å². The largest absolute Gasteiger partial charge is 0.497 e. The van der Waals surface area contributed by atoms with E-state index in [0.717, 1.165) is 147 Å². The normalized spacial score (nSPS) is 16.2. The Labute approximate surface area is 667 Å². The van der Waals surface area contributed by atoms with Crippen LogP contribution in [0.15, 0.2) is 211 Å². The number of halogens is 7. The van der Waals surface area contributed by atoms with Crippen LogP contribution in [0.2, 0.25) is 15.1 Å². The number of carbonyl (C=O) groups excluding carboxylic acids is 3. The molecule has 25 heteroatoms. The molecule has 9 heterocycles. The third kappa shape index (κ3) is 15.8. The van der Waals surface area contributed by atoms with E-state index in [1.165, 1.54) is 41.0 Å². The number of aromatic nitrogens is 6. The van der Waals surface area contributed by atoms with E-state index in [2.05, 4.69) is 75.0 Å². The van der Waals surface area contributed by atoms with Gasteiger partial charge in [0.25, 0.3) is 0 Å². The Morgan fingerprint density at radius 1 is 0.536 bits per heavy atom. The maximum atomic E-state index is 14.1. The molecule has 4 unspecified atom stereocenters. The van der Waals surface area contributed by atoms with Gasteiger partial charge in [-0.1, -0.05) is 87.1 Å². The van der Waals surface area contributed by atoms with Crippen LogP contribution in [-0.2, 0) is 30.4 Å². The van der Waals surface area contributed by atoms with Crippen LogP contribution in [0.4, 0.5) is 33.2 Å². The highest BCUT2D eigenvalue weighted by Gasteiger charge is 2.39. The van der Waals surface area contributed by atoms with E-state index in [0.29, 0.717) is 54.0 Å². The lowest BCUT2D eigenvalue weighted by molar-refractivity contribution is 0.0932. The summed E-state index contributed by atoms with van der Waals surface area (Å²) < 4.78 is 59.9. The molecule has 5 aromatic heterocycles. The second kappa shape index (κ2) is 33.0. The molecule has 0 radical (unpaired) electrons. The van der Waals surface area contributed by atoms with Crippen molar-refractivity contribution >= 4 is 118 Å². The van der Waals surface area contributed by atoms with Crippen LogP contribution in [0.3, 0.4) is 0 Å². The van der Waals surface area contributed by atoms with Gasteiger partial charge in [0.1, 0.15) is 35.0 Å². The zero-order valence-electron chi connectivity index (χ0n) is 61.7. The maximum absolute atomic E-state index is 14.1. The van der Waals surface area contributed by atoms with Gasteiger partial charge in [-0.05, 0) is 237 Å². The van der Waals surface area contributed by atoms with Crippen molar-refractivity contribution < 1.29 is 41.8 Å². The molecule has 18 nitrogen and oxygen atoms in total. The quantitative estimate of drug-likeness (QED) is 0.0700. The zero-order valence-corrected chi connectivity index (χ0v) is 65.6. The van der Waals surface area contributed by atoms with E-state index in [1.54, 1.807) is 48.7 Å². The Hall–Kier alpha value is -11.1. The highest BCUT2D eigenvalue weighted by molar-refractivity contribution is 9.10. The second-order valence-corrected chi connectivity index (χ2v) is 30.2. The summed E-state index contributed by atoms with van der Waals surface area (Å²) in [6.45, 7) is 8.59. The second-order valence-electron chi connectivity index (χ2n) is 28.0. The number of carbonyl (C=O) groups is 3. The molecule has 0 fully saturated rings. The van der Waals surface area contributed by atoms with Gasteiger partial charge < -0.3 is 64.5 Å². The molecular weight excluding hydrogens is 1550 g/mol. The fourth-order valence-electron chi connectivity index (χ4n) is 15.7. The average Bonchev–Trinajstić information content (AvgIpc) is 1.61. The fraction of sp³-hybridized carbons (Fsp3) is 0.218. The van der Waals surface area contributed by atoms with E-state index in [1.807, 2.05) is 164 Å². The zero-order chi connectivity index (χ0) is 78.0. The van der Waals surface area contributed by atoms with Gasteiger partial charge in [-0.25, -0.2) is 32.5 Å². The number of nitrogens with zero attached hydrogens (tertiary/aromatic N) is 5. The highest BCUT2D eigenvalue weighted by Crippen LogP contribution is 2.44. The van der Waals surface area contributed by atoms with Gasteiger partial charge in [0.05, 0.1) is 45.3 Å². The van der Waals surface area contributed by atoms with Crippen LogP contribution in [0, 0.1) is 17.5 Å². The summed E-state index contributed by atoms with van der Waals surface area (Å²) >= 11 is 22.2. The van der Waals surface area contributed by atoms with Crippen LogP contribution in [0.1, 0.15) is 112 Å². The topological polar surface area (TPSA) is 206 Å². The number of rotatable bonds is 10. The summed E-state index contributed by atoms with van der Waals surface area (Å²) in [5.74, 6) is 0.367. The molecule has 9 aromatic carbocycles. The summed E-state index contributed by atoms with van der Waals surface area (Å²) in [5.41, 5.74) is 17.7. The number of methoxy groups -OCH3 is 2. The van der Waals surface area contributed by atoms with E-state index >= 15 is 0 Å².